The molecular formula is C23H22BrClN4O4. The largest absolute Gasteiger partial charge is 0.414 e. The number of amides is 2. The Kier molecular flexibility index (Phi) is 7.64. The van der Waals surface area contributed by atoms with Gasteiger partial charge in [-0.15, -0.1) is 5.10 Å². The van der Waals surface area contributed by atoms with Crippen molar-refractivity contribution >= 4 is 45.3 Å². The second-order valence-corrected chi connectivity index (χ2v) is 8.76. The number of H-pyrrole nitrogens is 1. The van der Waals surface area contributed by atoms with Gasteiger partial charge in [-0.25, -0.2) is 4.79 Å². The molecule has 3 aromatic rings. The fourth-order valence-electron chi connectivity index (χ4n) is 3.63. The molecule has 1 aromatic heterocycles. The van der Waals surface area contributed by atoms with Gasteiger partial charge >= 0.3 is 6.09 Å². The minimum Gasteiger partial charge on any atom is -0.388 e. The highest BCUT2D eigenvalue weighted by Crippen LogP contribution is 2.31. The number of halogens is 2. The first-order chi connectivity index (χ1) is 16.0. The van der Waals surface area contributed by atoms with Crippen LogP contribution in [0.1, 0.15) is 35.2 Å². The second kappa shape index (κ2) is 10.8. The van der Waals surface area contributed by atoms with Gasteiger partial charge in [0.05, 0.1) is 29.3 Å². The summed E-state index contributed by atoms with van der Waals surface area (Å²) >= 11 is 9.37. The van der Waals surface area contributed by atoms with Crippen LogP contribution in [0.15, 0.2) is 59.1 Å². The monoisotopic (exact) mass is 532 g/mol. The molecule has 4 rings (SSSR count). The Morgan fingerprint density at radius 3 is 2.67 bits per heavy atom. The Bertz CT molecular complexity index is 1120. The minimum atomic E-state index is -0.647. The van der Waals surface area contributed by atoms with E-state index in [1.165, 1.54) is 0 Å². The highest BCUT2D eigenvalue weighted by atomic mass is 79.9. The van der Waals surface area contributed by atoms with Crippen LogP contribution < -0.4 is 15.4 Å². The lowest BCUT2D eigenvalue weighted by Gasteiger charge is -2.21. The van der Waals surface area contributed by atoms with E-state index in [4.69, 9.17) is 21.1 Å². The van der Waals surface area contributed by atoms with Crippen molar-refractivity contribution in [3.05, 3.63) is 75.2 Å². The second-order valence-electron chi connectivity index (χ2n) is 7.56. The van der Waals surface area contributed by atoms with E-state index in [-0.39, 0.29) is 23.8 Å². The van der Waals surface area contributed by atoms with Gasteiger partial charge < -0.3 is 20.1 Å². The molecule has 2 amide bonds. The zero-order valence-corrected chi connectivity index (χ0v) is 19.9. The first kappa shape index (κ1) is 23.3. The maximum absolute atomic E-state index is 12.5. The van der Waals surface area contributed by atoms with E-state index in [0.29, 0.717) is 21.7 Å². The number of hydrogen-bond acceptors (Lipinski definition) is 5. The van der Waals surface area contributed by atoms with E-state index < -0.39 is 12.0 Å². The molecule has 33 heavy (non-hydrogen) atoms. The van der Waals surface area contributed by atoms with Crippen LogP contribution in [0.25, 0.3) is 0 Å². The smallest absolute Gasteiger partial charge is 0.388 e. The SMILES string of the molecule is O=C(N[C@H]1CCC[C@@H]1OCc1ccccc1)Oc1n[nH]c(NC(=O)c2ccccc2Cl)c1Br. The average Bonchev–Trinajstić information content (AvgIpc) is 3.40. The van der Waals surface area contributed by atoms with Crippen molar-refractivity contribution in [3.8, 4) is 5.88 Å². The van der Waals surface area contributed by atoms with E-state index in [2.05, 4.69) is 36.8 Å². The Morgan fingerprint density at radius 1 is 1.12 bits per heavy atom. The third-order valence-electron chi connectivity index (χ3n) is 5.29. The number of hydrogen-bond donors (Lipinski definition) is 3. The van der Waals surface area contributed by atoms with Crippen molar-refractivity contribution < 1.29 is 19.1 Å². The number of nitrogens with zero attached hydrogens (tertiary/aromatic N) is 1. The third kappa shape index (κ3) is 5.93. The summed E-state index contributed by atoms with van der Waals surface area (Å²) in [6, 6.07) is 16.4. The van der Waals surface area contributed by atoms with Gasteiger partial charge in [-0.05, 0) is 52.9 Å². The van der Waals surface area contributed by atoms with Crippen LogP contribution in [0.5, 0.6) is 5.88 Å². The summed E-state index contributed by atoms with van der Waals surface area (Å²) in [4.78, 5) is 24.9. The molecule has 1 aliphatic carbocycles. The van der Waals surface area contributed by atoms with Crippen LogP contribution in [0, 0.1) is 0 Å². The number of carbonyl (C=O) groups excluding carboxylic acids is 2. The summed E-state index contributed by atoms with van der Waals surface area (Å²) < 4.78 is 11.7. The quantitative estimate of drug-likeness (QED) is 0.382. The van der Waals surface area contributed by atoms with Crippen molar-refractivity contribution in [2.45, 2.75) is 38.0 Å². The van der Waals surface area contributed by atoms with Gasteiger partial charge in [-0.2, -0.15) is 0 Å². The Morgan fingerprint density at radius 2 is 1.88 bits per heavy atom. The number of ether oxygens (including phenoxy) is 2. The van der Waals surface area contributed by atoms with Crippen LogP contribution >= 0.6 is 27.5 Å². The van der Waals surface area contributed by atoms with E-state index in [1.54, 1.807) is 24.3 Å². The molecule has 8 nitrogen and oxygen atoms in total. The molecule has 1 aliphatic rings. The Hall–Kier alpha value is -2.88. The van der Waals surface area contributed by atoms with Crippen molar-refractivity contribution in [2.24, 2.45) is 0 Å². The lowest BCUT2D eigenvalue weighted by atomic mass is 10.2. The molecule has 0 saturated heterocycles. The minimum absolute atomic E-state index is 0.00158. The number of benzene rings is 2. The van der Waals surface area contributed by atoms with Crippen LogP contribution in [-0.4, -0.2) is 34.3 Å². The first-order valence-electron chi connectivity index (χ1n) is 10.4. The number of nitrogens with one attached hydrogen (secondary N) is 3. The van der Waals surface area contributed by atoms with Crippen LogP contribution in [0.4, 0.5) is 10.6 Å². The molecule has 1 heterocycles. The number of aromatic amines is 1. The van der Waals surface area contributed by atoms with Gasteiger partial charge in [-0.1, -0.05) is 54.1 Å². The average molecular weight is 534 g/mol. The zero-order chi connectivity index (χ0) is 23.2. The Labute approximate surface area is 204 Å². The molecule has 10 heteroatoms. The van der Waals surface area contributed by atoms with Crippen LogP contribution in [-0.2, 0) is 11.3 Å². The summed E-state index contributed by atoms with van der Waals surface area (Å²) in [6.07, 6.45) is 1.88. The molecule has 172 valence electrons. The van der Waals surface area contributed by atoms with E-state index in [9.17, 15) is 9.59 Å². The van der Waals surface area contributed by atoms with Gasteiger partial charge in [0, 0.05) is 0 Å². The molecule has 2 aromatic carbocycles. The number of anilines is 1. The zero-order valence-electron chi connectivity index (χ0n) is 17.5. The standard InChI is InChI=1S/C23H22BrClN4O4/c24-19-20(27-21(30)15-9-4-5-10-16(15)25)28-29-22(19)33-23(31)26-17-11-6-12-18(17)32-13-14-7-2-1-3-8-14/h1-5,7-10,17-18H,6,11-13H2,(H,26,31)(H2,27,28,29,30)/t17-,18-/m0/s1. The number of carbonyl (C=O) groups is 2. The normalized spacial score (nSPS) is 17.5. The highest BCUT2D eigenvalue weighted by molar-refractivity contribution is 9.10. The molecule has 0 aliphatic heterocycles. The van der Waals surface area contributed by atoms with Crippen molar-refractivity contribution in [1.82, 2.24) is 15.5 Å². The summed E-state index contributed by atoms with van der Waals surface area (Å²) in [5, 5.41) is 12.4. The molecule has 1 saturated carbocycles. The van der Waals surface area contributed by atoms with Gasteiger partial charge in [0.25, 0.3) is 11.8 Å². The predicted molar refractivity (Wildman–Crippen MR) is 128 cm³/mol. The fourth-order valence-corrected chi connectivity index (χ4v) is 4.20. The molecule has 3 N–H and O–H groups in total. The summed E-state index contributed by atoms with van der Waals surface area (Å²) in [5.41, 5.74) is 1.39. The van der Waals surface area contributed by atoms with E-state index in [0.717, 1.165) is 24.8 Å². The van der Waals surface area contributed by atoms with E-state index in [1.807, 2.05) is 30.3 Å². The van der Waals surface area contributed by atoms with Crippen LogP contribution in [0.3, 0.4) is 0 Å². The lowest BCUT2D eigenvalue weighted by Crippen LogP contribution is -2.42. The third-order valence-corrected chi connectivity index (χ3v) is 6.35. The molecule has 1 fully saturated rings. The van der Waals surface area contributed by atoms with Gasteiger partial charge in [-0.3, -0.25) is 9.89 Å². The van der Waals surface area contributed by atoms with Crippen molar-refractivity contribution in [3.63, 3.8) is 0 Å². The molecular weight excluding hydrogens is 512 g/mol. The summed E-state index contributed by atoms with van der Waals surface area (Å²) in [7, 11) is 0. The molecule has 0 unspecified atom stereocenters. The molecule has 2 atom stereocenters. The summed E-state index contributed by atoms with van der Waals surface area (Å²) in [5.74, 6) is -0.181. The predicted octanol–water partition coefficient (Wildman–Crippen LogP) is 5.30. The Balaban J connectivity index is 1.32. The van der Waals surface area contributed by atoms with Gasteiger partial charge in [0.15, 0.2) is 0 Å². The fraction of sp³-hybridized carbons (Fsp3) is 0.261. The highest BCUT2D eigenvalue weighted by Gasteiger charge is 2.30. The maximum atomic E-state index is 12.5. The van der Waals surface area contributed by atoms with Gasteiger partial charge in [0.2, 0.25) is 0 Å². The van der Waals surface area contributed by atoms with Crippen LogP contribution in [0.2, 0.25) is 5.02 Å². The maximum Gasteiger partial charge on any atom is 0.414 e. The molecule has 0 radical (unpaired) electrons. The van der Waals surface area contributed by atoms with Gasteiger partial charge in [0.1, 0.15) is 10.3 Å². The summed E-state index contributed by atoms with van der Waals surface area (Å²) in [6.45, 7) is 0.484. The molecule has 0 spiro atoms. The van der Waals surface area contributed by atoms with Crippen molar-refractivity contribution in [1.29, 1.82) is 0 Å². The molecule has 0 bridgehead atoms. The lowest BCUT2D eigenvalue weighted by molar-refractivity contribution is 0.0286. The number of rotatable bonds is 7. The first-order valence-corrected chi connectivity index (χ1v) is 11.6. The van der Waals surface area contributed by atoms with E-state index >= 15 is 0 Å². The number of aromatic nitrogens is 2. The van der Waals surface area contributed by atoms with Crippen molar-refractivity contribution in [2.75, 3.05) is 5.32 Å². The topological polar surface area (TPSA) is 105 Å².